The van der Waals surface area contributed by atoms with Gasteiger partial charge < -0.3 is 10.2 Å². The van der Waals surface area contributed by atoms with Gasteiger partial charge in [0, 0.05) is 22.2 Å². The summed E-state index contributed by atoms with van der Waals surface area (Å²) < 4.78 is 0. The van der Waals surface area contributed by atoms with Crippen LogP contribution in [0.5, 0.6) is 0 Å². The van der Waals surface area contributed by atoms with Gasteiger partial charge in [-0.25, -0.2) is 5.32 Å². The fraction of sp³-hybridized carbons (Fsp3) is 0.562. The van der Waals surface area contributed by atoms with Gasteiger partial charge in [-0.1, -0.05) is 11.6 Å². The Kier molecular flexibility index (Phi) is 3.80. The molecule has 1 aromatic rings. The molecule has 3 aliphatic heterocycles. The first-order valence-corrected chi connectivity index (χ1v) is 9.44. The first-order valence-electron chi connectivity index (χ1n) is 7.77. The molecular formula is C16H19ClN3S2. The van der Waals surface area contributed by atoms with Crippen LogP contribution in [0.2, 0.25) is 5.02 Å². The van der Waals surface area contributed by atoms with Gasteiger partial charge in [0.2, 0.25) is 0 Å². The summed E-state index contributed by atoms with van der Waals surface area (Å²) in [5.74, 6) is 0. The molecule has 2 fully saturated rings. The first-order chi connectivity index (χ1) is 10.5. The average molecular weight is 353 g/mol. The number of piperidine rings is 1. The molecule has 4 rings (SSSR count). The van der Waals surface area contributed by atoms with Crippen molar-refractivity contribution >= 4 is 52.1 Å². The molecule has 1 N–H and O–H groups in total. The van der Waals surface area contributed by atoms with Crippen molar-refractivity contribution in [1.29, 1.82) is 0 Å². The Balaban J connectivity index is 1.59. The number of aryl methyl sites for hydroxylation is 1. The zero-order chi connectivity index (χ0) is 15.4. The quantitative estimate of drug-likeness (QED) is 0.803. The summed E-state index contributed by atoms with van der Waals surface area (Å²) in [7, 11) is 2.28. The monoisotopic (exact) mass is 352 g/mol. The van der Waals surface area contributed by atoms with E-state index in [9.17, 15) is 0 Å². The van der Waals surface area contributed by atoms with Crippen molar-refractivity contribution in [3.63, 3.8) is 0 Å². The van der Waals surface area contributed by atoms with Crippen molar-refractivity contribution in [2.75, 3.05) is 12.4 Å². The van der Waals surface area contributed by atoms with Gasteiger partial charge in [-0.2, -0.15) is 0 Å². The SMILES string of the molecule is Cc1cc2c(c(Cl)c1SC1CC3CCC(C1)N3C)NC(=S)[N]2. The number of thiocarbonyl (C=S) groups is 1. The zero-order valence-corrected chi connectivity index (χ0v) is 15.1. The van der Waals surface area contributed by atoms with Crippen LogP contribution in [0.4, 0.5) is 11.4 Å². The van der Waals surface area contributed by atoms with Crippen LogP contribution in [0, 0.1) is 6.92 Å². The minimum absolute atomic E-state index is 0.510. The van der Waals surface area contributed by atoms with Crippen LogP contribution in [0.1, 0.15) is 31.2 Å². The zero-order valence-electron chi connectivity index (χ0n) is 12.7. The van der Waals surface area contributed by atoms with E-state index in [0.29, 0.717) is 10.4 Å². The molecule has 3 aliphatic rings. The number of hydrogen-bond donors (Lipinski definition) is 1. The molecule has 0 aromatic heterocycles. The smallest absolute Gasteiger partial charge is 0.197 e. The molecule has 1 aromatic carbocycles. The van der Waals surface area contributed by atoms with Gasteiger partial charge in [0.15, 0.2) is 5.11 Å². The summed E-state index contributed by atoms with van der Waals surface area (Å²) in [5, 5.41) is 9.40. The Labute approximate surface area is 146 Å². The van der Waals surface area contributed by atoms with Crippen molar-refractivity contribution in [2.45, 2.75) is 54.8 Å². The number of nitrogens with zero attached hydrogens (tertiary/aromatic N) is 2. The highest BCUT2D eigenvalue weighted by Crippen LogP contribution is 2.48. The number of rotatable bonds is 2. The van der Waals surface area contributed by atoms with Gasteiger partial charge >= 0.3 is 0 Å². The minimum Gasteiger partial charge on any atom is -0.328 e. The Morgan fingerprint density at radius 1 is 1.36 bits per heavy atom. The normalized spacial score (nSPS) is 30.1. The molecule has 3 heterocycles. The maximum Gasteiger partial charge on any atom is 0.197 e. The number of anilines is 1. The molecule has 1 radical (unpaired) electrons. The van der Waals surface area contributed by atoms with Gasteiger partial charge in [0.1, 0.15) is 0 Å². The number of fused-ring (bicyclic) bond motifs is 3. The van der Waals surface area contributed by atoms with E-state index in [4.69, 9.17) is 23.8 Å². The summed E-state index contributed by atoms with van der Waals surface area (Å²) in [5.41, 5.74) is 2.96. The van der Waals surface area contributed by atoms with Crippen molar-refractivity contribution in [2.24, 2.45) is 0 Å². The fourth-order valence-electron chi connectivity index (χ4n) is 3.96. The van der Waals surface area contributed by atoms with Crippen LogP contribution >= 0.6 is 35.6 Å². The summed E-state index contributed by atoms with van der Waals surface area (Å²) in [6.07, 6.45) is 5.23. The van der Waals surface area contributed by atoms with E-state index in [2.05, 4.69) is 35.6 Å². The van der Waals surface area contributed by atoms with E-state index in [-0.39, 0.29) is 0 Å². The highest BCUT2D eigenvalue weighted by molar-refractivity contribution is 8.00. The van der Waals surface area contributed by atoms with Crippen LogP contribution in [0.25, 0.3) is 0 Å². The highest BCUT2D eigenvalue weighted by atomic mass is 35.5. The highest BCUT2D eigenvalue weighted by Gasteiger charge is 2.39. The summed E-state index contributed by atoms with van der Waals surface area (Å²) in [6.45, 7) is 2.12. The molecule has 0 aliphatic carbocycles. The molecule has 2 saturated heterocycles. The van der Waals surface area contributed by atoms with Gasteiger partial charge in [-0.05, 0) is 63.5 Å². The van der Waals surface area contributed by atoms with Crippen LogP contribution in [-0.4, -0.2) is 34.4 Å². The summed E-state index contributed by atoms with van der Waals surface area (Å²) >= 11 is 13.7. The van der Waals surface area contributed by atoms with Crippen LogP contribution in [0.15, 0.2) is 11.0 Å². The van der Waals surface area contributed by atoms with Gasteiger partial charge in [0.25, 0.3) is 0 Å². The molecule has 117 valence electrons. The van der Waals surface area contributed by atoms with E-state index in [1.54, 1.807) is 0 Å². The molecule has 0 amide bonds. The number of halogens is 1. The molecule has 6 heteroatoms. The lowest BCUT2D eigenvalue weighted by Crippen LogP contribution is -2.40. The first kappa shape index (κ1) is 15.1. The van der Waals surface area contributed by atoms with Crippen molar-refractivity contribution in [3.8, 4) is 0 Å². The summed E-state index contributed by atoms with van der Waals surface area (Å²) in [4.78, 5) is 3.77. The van der Waals surface area contributed by atoms with Crippen LogP contribution in [-0.2, 0) is 0 Å². The summed E-state index contributed by atoms with van der Waals surface area (Å²) in [6, 6.07) is 3.61. The number of nitrogens with one attached hydrogen (secondary N) is 1. The fourth-order valence-corrected chi connectivity index (χ4v) is 6.01. The number of hydrogen-bond acceptors (Lipinski definition) is 3. The predicted octanol–water partition coefficient (Wildman–Crippen LogP) is 4.31. The maximum atomic E-state index is 6.65. The lowest BCUT2D eigenvalue weighted by Gasteiger charge is -2.36. The second kappa shape index (κ2) is 5.55. The standard InChI is InChI=1S/C16H19ClN3S2/c1-8-5-12-14(19-16(21)18-12)13(17)15(8)22-11-6-9-3-4-10(7-11)20(9)2/h5,9-11H,3-4,6-7H2,1-2H3,(H,19,21). The van der Waals surface area contributed by atoms with Crippen LogP contribution in [0.3, 0.4) is 0 Å². The predicted molar refractivity (Wildman–Crippen MR) is 97.7 cm³/mol. The second-order valence-electron chi connectivity index (χ2n) is 6.53. The third-order valence-electron chi connectivity index (χ3n) is 5.18. The average Bonchev–Trinajstić information content (AvgIpc) is 2.91. The lowest BCUT2D eigenvalue weighted by atomic mass is 10.0. The molecule has 22 heavy (non-hydrogen) atoms. The Hall–Kier alpha value is -0.490. The Morgan fingerprint density at radius 2 is 2.05 bits per heavy atom. The molecule has 2 atom stereocenters. The van der Waals surface area contributed by atoms with Gasteiger partial charge in [0.05, 0.1) is 16.4 Å². The van der Waals surface area contributed by atoms with E-state index in [1.807, 2.05) is 11.8 Å². The van der Waals surface area contributed by atoms with E-state index < -0.39 is 0 Å². The number of thioether (sulfide) groups is 1. The van der Waals surface area contributed by atoms with Crippen molar-refractivity contribution < 1.29 is 0 Å². The van der Waals surface area contributed by atoms with Crippen molar-refractivity contribution in [1.82, 2.24) is 10.2 Å². The molecule has 2 unspecified atom stereocenters. The number of benzene rings is 1. The minimum atomic E-state index is 0.510. The molecule has 0 saturated carbocycles. The largest absolute Gasteiger partial charge is 0.328 e. The molecule has 2 bridgehead atoms. The third-order valence-corrected chi connectivity index (χ3v) is 7.34. The molecular weight excluding hydrogens is 334 g/mol. The topological polar surface area (TPSA) is 29.4 Å². The third kappa shape index (κ3) is 2.42. The van der Waals surface area contributed by atoms with E-state index in [1.165, 1.54) is 36.1 Å². The van der Waals surface area contributed by atoms with E-state index >= 15 is 0 Å². The maximum absolute atomic E-state index is 6.65. The Bertz CT molecular complexity index is 635. The van der Waals surface area contributed by atoms with E-state index in [0.717, 1.165) is 28.5 Å². The molecule has 3 nitrogen and oxygen atoms in total. The molecule has 0 spiro atoms. The van der Waals surface area contributed by atoms with Crippen LogP contribution < -0.4 is 10.6 Å². The second-order valence-corrected chi connectivity index (χ2v) is 8.61. The lowest BCUT2D eigenvalue weighted by molar-refractivity contribution is 0.183. The van der Waals surface area contributed by atoms with Gasteiger partial charge in [-0.15, -0.1) is 11.8 Å². The van der Waals surface area contributed by atoms with Crippen molar-refractivity contribution in [3.05, 3.63) is 16.7 Å². The Morgan fingerprint density at radius 3 is 2.73 bits per heavy atom. The van der Waals surface area contributed by atoms with Gasteiger partial charge in [-0.3, -0.25) is 0 Å².